The van der Waals surface area contributed by atoms with E-state index in [1.165, 1.54) is 12.1 Å². The number of halogens is 2. The van der Waals surface area contributed by atoms with Gasteiger partial charge in [0.15, 0.2) is 0 Å². The first-order valence-corrected chi connectivity index (χ1v) is 13.5. The zero-order valence-electron chi connectivity index (χ0n) is 22.0. The Kier molecular flexibility index (Phi) is 8.29. The average molecular weight is 548 g/mol. The number of carbonyl (C=O) groups is 1. The standard InChI is InChI=1S/C31H31ClFN3O3/c1-21(2)29-28(20-35(19-27-12-7-17-38-27)30(37)22-13-15-23(32)16-14-22)31(39-26-11-6-8-24(33)18-26)36(34-29)25-9-4-3-5-10-25/h3-6,8-11,13-16,18,21,27H,7,12,17,19-20H2,1-2H3/t27-/m0/s1. The molecule has 0 unspecified atom stereocenters. The number of amides is 1. The van der Waals surface area contributed by atoms with Crippen LogP contribution in [0.5, 0.6) is 11.6 Å². The Bertz CT molecular complexity index is 1420. The van der Waals surface area contributed by atoms with Gasteiger partial charge in [-0.2, -0.15) is 5.10 Å². The molecule has 6 nitrogen and oxygen atoms in total. The van der Waals surface area contributed by atoms with E-state index in [0.29, 0.717) is 35.4 Å². The lowest BCUT2D eigenvalue weighted by Crippen LogP contribution is -2.37. The van der Waals surface area contributed by atoms with E-state index in [-0.39, 0.29) is 24.5 Å². The van der Waals surface area contributed by atoms with Gasteiger partial charge in [-0.1, -0.05) is 49.7 Å². The van der Waals surface area contributed by atoms with E-state index in [1.807, 2.05) is 30.3 Å². The Morgan fingerprint density at radius 2 is 1.90 bits per heavy atom. The van der Waals surface area contributed by atoms with Gasteiger partial charge in [0.2, 0.25) is 5.88 Å². The molecule has 0 aliphatic carbocycles. The number of ether oxygens (including phenoxy) is 2. The van der Waals surface area contributed by atoms with Gasteiger partial charge in [-0.25, -0.2) is 9.07 Å². The first-order valence-electron chi connectivity index (χ1n) is 13.2. The molecule has 2 heterocycles. The van der Waals surface area contributed by atoms with Crippen LogP contribution in [0.3, 0.4) is 0 Å². The lowest BCUT2D eigenvalue weighted by Gasteiger charge is -2.26. The molecule has 8 heteroatoms. The summed E-state index contributed by atoms with van der Waals surface area (Å²) in [5.74, 6) is 0.285. The smallest absolute Gasteiger partial charge is 0.254 e. The molecule has 0 spiro atoms. The van der Waals surface area contributed by atoms with Gasteiger partial charge in [-0.15, -0.1) is 0 Å². The highest BCUT2D eigenvalue weighted by Gasteiger charge is 2.29. The molecule has 1 aliphatic rings. The van der Waals surface area contributed by atoms with Gasteiger partial charge in [-0.05, 0) is 67.3 Å². The van der Waals surface area contributed by atoms with Crippen molar-refractivity contribution in [3.8, 4) is 17.3 Å². The highest BCUT2D eigenvalue weighted by atomic mass is 35.5. The molecule has 0 radical (unpaired) electrons. The topological polar surface area (TPSA) is 56.6 Å². The van der Waals surface area contributed by atoms with Gasteiger partial charge in [0, 0.05) is 29.8 Å². The second-order valence-corrected chi connectivity index (χ2v) is 10.4. The molecule has 0 bridgehead atoms. The van der Waals surface area contributed by atoms with Crippen LogP contribution in [0.1, 0.15) is 54.2 Å². The van der Waals surface area contributed by atoms with Crippen molar-refractivity contribution < 1.29 is 18.7 Å². The summed E-state index contributed by atoms with van der Waals surface area (Å²) in [4.78, 5) is 15.6. The van der Waals surface area contributed by atoms with Crippen molar-refractivity contribution >= 4 is 17.5 Å². The van der Waals surface area contributed by atoms with Crippen molar-refractivity contribution in [2.45, 2.75) is 45.3 Å². The number of carbonyl (C=O) groups excluding carboxylic acids is 1. The molecular formula is C31H31ClFN3O3. The summed E-state index contributed by atoms with van der Waals surface area (Å²) in [6.07, 6.45) is 1.79. The molecule has 3 aromatic carbocycles. The number of benzene rings is 3. The van der Waals surface area contributed by atoms with E-state index >= 15 is 0 Å². The summed E-state index contributed by atoms with van der Waals surface area (Å²) in [6, 6.07) is 22.5. The van der Waals surface area contributed by atoms with Crippen molar-refractivity contribution in [2.75, 3.05) is 13.2 Å². The van der Waals surface area contributed by atoms with Crippen molar-refractivity contribution in [3.63, 3.8) is 0 Å². The van der Waals surface area contributed by atoms with Crippen LogP contribution in [0.25, 0.3) is 5.69 Å². The molecule has 1 fully saturated rings. The lowest BCUT2D eigenvalue weighted by molar-refractivity contribution is 0.0505. The van der Waals surface area contributed by atoms with Crippen LogP contribution in [0.15, 0.2) is 78.9 Å². The second kappa shape index (κ2) is 12.0. The molecule has 1 aliphatic heterocycles. The van der Waals surface area contributed by atoms with Crippen LogP contribution in [0, 0.1) is 5.82 Å². The van der Waals surface area contributed by atoms with Crippen LogP contribution < -0.4 is 4.74 Å². The maximum Gasteiger partial charge on any atom is 0.254 e. The van der Waals surface area contributed by atoms with Crippen molar-refractivity contribution in [1.82, 2.24) is 14.7 Å². The van der Waals surface area contributed by atoms with Crippen LogP contribution in [0.2, 0.25) is 5.02 Å². The molecule has 1 saturated heterocycles. The van der Waals surface area contributed by atoms with E-state index in [0.717, 1.165) is 29.8 Å². The predicted molar refractivity (Wildman–Crippen MR) is 149 cm³/mol. The van der Waals surface area contributed by atoms with Gasteiger partial charge in [0.1, 0.15) is 11.6 Å². The van der Waals surface area contributed by atoms with Gasteiger partial charge in [-0.3, -0.25) is 4.79 Å². The van der Waals surface area contributed by atoms with Gasteiger partial charge in [0.25, 0.3) is 5.91 Å². The summed E-state index contributed by atoms with van der Waals surface area (Å²) < 4.78 is 28.1. The molecule has 0 saturated carbocycles. The fourth-order valence-corrected chi connectivity index (χ4v) is 4.90. The van der Waals surface area contributed by atoms with Gasteiger partial charge >= 0.3 is 0 Å². The Morgan fingerprint density at radius 3 is 2.56 bits per heavy atom. The Labute approximate surface area is 232 Å². The van der Waals surface area contributed by atoms with Crippen molar-refractivity contribution in [2.24, 2.45) is 0 Å². The SMILES string of the molecule is CC(C)c1nn(-c2ccccc2)c(Oc2cccc(F)c2)c1CN(C[C@@H]1CCCO1)C(=O)c1ccc(Cl)cc1. The number of hydrogen-bond acceptors (Lipinski definition) is 4. The Balaban J connectivity index is 1.60. The second-order valence-electron chi connectivity index (χ2n) is 9.96. The molecule has 39 heavy (non-hydrogen) atoms. The summed E-state index contributed by atoms with van der Waals surface area (Å²) in [5, 5.41) is 5.50. The molecule has 1 aromatic heterocycles. The summed E-state index contributed by atoms with van der Waals surface area (Å²) >= 11 is 6.09. The Morgan fingerprint density at radius 1 is 1.13 bits per heavy atom. The highest BCUT2D eigenvalue weighted by molar-refractivity contribution is 6.30. The number of nitrogens with zero attached hydrogens (tertiary/aromatic N) is 3. The fraction of sp³-hybridized carbons (Fsp3) is 0.290. The minimum atomic E-state index is -0.401. The van der Waals surface area contributed by atoms with Crippen LogP contribution in [0.4, 0.5) is 4.39 Å². The third-order valence-electron chi connectivity index (χ3n) is 6.70. The molecular weight excluding hydrogens is 517 g/mol. The first-order chi connectivity index (χ1) is 18.9. The summed E-state index contributed by atoms with van der Waals surface area (Å²) in [7, 11) is 0. The van der Waals surface area contributed by atoms with Crippen LogP contribution in [-0.2, 0) is 11.3 Å². The summed E-state index contributed by atoms with van der Waals surface area (Å²) in [6.45, 7) is 5.46. The zero-order valence-corrected chi connectivity index (χ0v) is 22.8. The van der Waals surface area contributed by atoms with E-state index < -0.39 is 5.82 Å². The molecule has 0 N–H and O–H groups in total. The number of rotatable bonds is 9. The highest BCUT2D eigenvalue weighted by Crippen LogP contribution is 2.35. The normalized spacial score (nSPS) is 15.1. The first kappa shape index (κ1) is 26.9. The summed E-state index contributed by atoms with van der Waals surface area (Å²) in [5.41, 5.74) is 2.89. The molecule has 1 amide bonds. The molecule has 202 valence electrons. The maximum atomic E-state index is 14.1. The monoisotopic (exact) mass is 547 g/mol. The van der Waals surface area contributed by atoms with E-state index in [4.69, 9.17) is 26.2 Å². The number of para-hydroxylation sites is 1. The third-order valence-corrected chi connectivity index (χ3v) is 6.95. The van der Waals surface area contributed by atoms with Crippen molar-refractivity contribution in [1.29, 1.82) is 0 Å². The average Bonchev–Trinajstić information content (AvgIpc) is 3.57. The minimum Gasteiger partial charge on any atom is -0.438 e. The van der Waals surface area contributed by atoms with Crippen molar-refractivity contribution in [3.05, 3.63) is 107 Å². The third kappa shape index (κ3) is 6.32. The fourth-order valence-electron chi connectivity index (χ4n) is 4.77. The van der Waals surface area contributed by atoms with Gasteiger partial charge < -0.3 is 14.4 Å². The molecule has 5 rings (SSSR count). The lowest BCUT2D eigenvalue weighted by atomic mass is 10.0. The molecule has 4 aromatic rings. The number of hydrogen-bond donors (Lipinski definition) is 0. The van der Waals surface area contributed by atoms with E-state index in [2.05, 4.69) is 13.8 Å². The zero-order chi connectivity index (χ0) is 27.4. The maximum absolute atomic E-state index is 14.1. The Hall–Kier alpha value is -3.68. The minimum absolute atomic E-state index is 0.0371. The van der Waals surface area contributed by atoms with Gasteiger partial charge in [0.05, 0.1) is 29.6 Å². The number of aromatic nitrogens is 2. The van der Waals surface area contributed by atoms with Crippen LogP contribution in [-0.4, -0.2) is 39.8 Å². The van der Waals surface area contributed by atoms with E-state index in [1.54, 1.807) is 46.0 Å². The largest absolute Gasteiger partial charge is 0.438 e. The molecule has 1 atom stereocenters. The predicted octanol–water partition coefficient (Wildman–Crippen LogP) is 7.40. The van der Waals surface area contributed by atoms with Crippen LogP contribution >= 0.6 is 11.6 Å². The quantitative estimate of drug-likeness (QED) is 0.219. The van der Waals surface area contributed by atoms with E-state index in [9.17, 15) is 9.18 Å².